The first kappa shape index (κ1) is 29.4. The molecular formula is C24H28F2N8O4S3. The number of ether oxygens (including phenoxy) is 1. The number of nitrogens with one attached hydrogen (secondary N) is 2. The van der Waals surface area contributed by atoms with Crippen LogP contribution in [0.3, 0.4) is 0 Å². The van der Waals surface area contributed by atoms with E-state index in [1.54, 1.807) is 13.0 Å². The van der Waals surface area contributed by atoms with Crippen LogP contribution >= 0.6 is 11.3 Å². The zero-order valence-electron chi connectivity index (χ0n) is 22.6. The molecule has 1 aliphatic carbocycles. The van der Waals surface area contributed by atoms with Crippen LogP contribution in [-0.2, 0) is 19.8 Å². The van der Waals surface area contributed by atoms with Crippen LogP contribution < -0.4 is 9.46 Å². The molecule has 12 nitrogen and oxygen atoms in total. The van der Waals surface area contributed by atoms with Gasteiger partial charge in [0.05, 0.1) is 39.2 Å². The highest BCUT2D eigenvalue weighted by atomic mass is 32.2. The summed E-state index contributed by atoms with van der Waals surface area (Å²) in [6.45, 7) is 2.22. The predicted molar refractivity (Wildman–Crippen MR) is 149 cm³/mol. The Bertz CT molecular complexity index is 1830. The van der Waals surface area contributed by atoms with Gasteiger partial charge in [0, 0.05) is 29.4 Å². The van der Waals surface area contributed by atoms with Crippen LogP contribution in [0.5, 0.6) is 5.88 Å². The van der Waals surface area contributed by atoms with Crippen molar-refractivity contribution < 1.29 is 26.1 Å². The van der Waals surface area contributed by atoms with E-state index in [-0.39, 0.29) is 32.4 Å². The normalized spacial score (nSPS) is 16.4. The van der Waals surface area contributed by atoms with Crippen molar-refractivity contribution in [2.45, 2.75) is 41.7 Å². The smallest absolute Gasteiger partial charge is 0.291 e. The molecule has 0 aromatic carbocycles. The van der Waals surface area contributed by atoms with Gasteiger partial charge in [-0.15, -0.1) is 10.2 Å². The Balaban J connectivity index is 1.69. The number of sulfonamides is 1. The van der Waals surface area contributed by atoms with Gasteiger partial charge in [0.1, 0.15) is 5.03 Å². The first-order valence-electron chi connectivity index (χ1n) is 12.4. The summed E-state index contributed by atoms with van der Waals surface area (Å²) in [6, 6.07) is 4.47. The number of nitrogens with zero attached hydrogens (tertiary/aromatic N) is 6. The van der Waals surface area contributed by atoms with E-state index in [0.717, 1.165) is 0 Å². The molecule has 1 atom stereocenters. The second-order valence-electron chi connectivity index (χ2n) is 10.2. The number of pyridine rings is 2. The average molecular weight is 627 g/mol. The van der Waals surface area contributed by atoms with Crippen molar-refractivity contribution in [3.05, 3.63) is 35.6 Å². The molecule has 1 unspecified atom stereocenters. The van der Waals surface area contributed by atoms with E-state index in [9.17, 15) is 21.4 Å². The molecule has 2 N–H and O–H groups in total. The van der Waals surface area contributed by atoms with Crippen LogP contribution in [0.4, 0.5) is 8.78 Å². The van der Waals surface area contributed by atoms with Crippen molar-refractivity contribution in [2.24, 2.45) is 0 Å². The summed E-state index contributed by atoms with van der Waals surface area (Å²) >= 11 is 0.654. The van der Waals surface area contributed by atoms with E-state index >= 15 is 0 Å². The summed E-state index contributed by atoms with van der Waals surface area (Å²) in [5, 5.41) is 7.00. The van der Waals surface area contributed by atoms with Gasteiger partial charge in [-0.05, 0) is 52.1 Å². The zero-order valence-corrected chi connectivity index (χ0v) is 25.0. The van der Waals surface area contributed by atoms with Gasteiger partial charge in [-0.2, -0.15) is 0 Å². The van der Waals surface area contributed by atoms with Gasteiger partial charge in [0.15, 0.2) is 15.8 Å². The largest absolute Gasteiger partial charge is 0.481 e. The monoisotopic (exact) mass is 626 g/mol. The van der Waals surface area contributed by atoms with Crippen LogP contribution in [0.1, 0.15) is 31.2 Å². The van der Waals surface area contributed by atoms with E-state index in [1.165, 1.54) is 36.0 Å². The molecule has 0 amide bonds. The van der Waals surface area contributed by atoms with Gasteiger partial charge >= 0.3 is 0 Å². The lowest BCUT2D eigenvalue weighted by atomic mass is 10.1. The Morgan fingerprint density at radius 1 is 1.22 bits per heavy atom. The number of fused-ring (bicyclic) bond motifs is 1. The van der Waals surface area contributed by atoms with Gasteiger partial charge < -0.3 is 9.64 Å². The summed E-state index contributed by atoms with van der Waals surface area (Å²) < 4.78 is 84.6. The predicted octanol–water partition coefficient (Wildman–Crippen LogP) is 3.66. The second-order valence-corrected chi connectivity index (χ2v) is 15.1. The molecule has 1 aliphatic rings. The highest BCUT2D eigenvalue weighted by Gasteiger charge is 2.41. The minimum Gasteiger partial charge on any atom is -0.481 e. The minimum atomic E-state index is -4.02. The summed E-state index contributed by atoms with van der Waals surface area (Å²) in [5.74, 6) is 0.220. The number of aromatic nitrogens is 5. The van der Waals surface area contributed by atoms with Crippen molar-refractivity contribution in [1.82, 2.24) is 34.2 Å². The molecule has 4 aromatic heterocycles. The van der Waals surface area contributed by atoms with E-state index in [0.29, 0.717) is 47.4 Å². The molecular weight excluding hydrogens is 599 g/mol. The van der Waals surface area contributed by atoms with Gasteiger partial charge in [0.25, 0.3) is 6.43 Å². The summed E-state index contributed by atoms with van der Waals surface area (Å²) in [6.07, 6.45) is 1.38. The second kappa shape index (κ2) is 10.6. The van der Waals surface area contributed by atoms with Crippen molar-refractivity contribution >= 4 is 36.6 Å². The molecule has 4 heterocycles. The van der Waals surface area contributed by atoms with E-state index in [4.69, 9.17) is 9.52 Å². The molecule has 4 aromatic rings. The molecule has 17 heteroatoms. The zero-order chi connectivity index (χ0) is 29.7. The molecule has 0 spiro atoms. The average Bonchev–Trinajstić information content (AvgIpc) is 3.29. The maximum atomic E-state index is 13.5. The topological polar surface area (TPSA) is 156 Å². The standard InChI is InChI=1S/C24H28F2N8O4S3/c1-24(7-8-24)32-41(36,37)14-11-16(15-5-6-18(29-21(15)38-4)40(27,35)10-9-33(2)3)17-12-28-20(34(17)13-14)23-31-30-22(39-23)19(25)26/h5-6,11-13,19,27,32H,7-10H2,1-4H3. The Morgan fingerprint density at radius 2 is 1.95 bits per heavy atom. The molecule has 41 heavy (non-hydrogen) atoms. The fourth-order valence-corrected chi connectivity index (χ4v) is 7.59. The van der Waals surface area contributed by atoms with Crippen LogP contribution in [0, 0.1) is 4.78 Å². The lowest BCUT2D eigenvalue weighted by molar-refractivity contribution is 0.150. The number of alkyl halides is 2. The van der Waals surface area contributed by atoms with E-state index < -0.39 is 36.7 Å². The summed E-state index contributed by atoms with van der Waals surface area (Å²) in [4.78, 5) is 10.4. The molecule has 0 bridgehead atoms. The van der Waals surface area contributed by atoms with Crippen molar-refractivity contribution in [3.8, 4) is 27.8 Å². The third kappa shape index (κ3) is 5.94. The van der Waals surface area contributed by atoms with E-state index in [2.05, 4.69) is 24.9 Å². The molecule has 0 saturated heterocycles. The van der Waals surface area contributed by atoms with Crippen LogP contribution in [0.15, 0.2) is 40.5 Å². The summed E-state index contributed by atoms with van der Waals surface area (Å²) in [7, 11) is -2.27. The van der Waals surface area contributed by atoms with Gasteiger partial charge in [0.2, 0.25) is 15.9 Å². The molecule has 0 radical (unpaired) electrons. The number of hydrogen-bond donors (Lipinski definition) is 2. The van der Waals surface area contributed by atoms with Crippen LogP contribution in [0.25, 0.3) is 27.5 Å². The number of hydrogen-bond acceptors (Lipinski definition) is 11. The lowest BCUT2D eigenvalue weighted by Crippen LogP contribution is -2.34. The van der Waals surface area contributed by atoms with Gasteiger partial charge in [-0.1, -0.05) is 11.3 Å². The van der Waals surface area contributed by atoms with Gasteiger partial charge in [-0.25, -0.2) is 40.9 Å². The Labute approximate surface area is 239 Å². The highest BCUT2D eigenvalue weighted by Crippen LogP contribution is 2.39. The number of imidazole rings is 1. The van der Waals surface area contributed by atoms with Crippen LogP contribution in [-0.4, -0.2) is 81.1 Å². The van der Waals surface area contributed by atoms with Gasteiger partial charge in [-0.3, -0.25) is 4.40 Å². The third-order valence-corrected chi connectivity index (χ3v) is 10.8. The SMILES string of the molecule is COc1nc(S(=N)(=O)CCN(C)C)ccc1-c1cc(S(=O)(=O)NC2(C)CC2)cn2c(-c3nnc(C(F)F)s3)ncc12. The fraction of sp³-hybridized carbons (Fsp3) is 0.417. The van der Waals surface area contributed by atoms with Crippen molar-refractivity contribution in [2.75, 3.05) is 33.5 Å². The minimum absolute atomic E-state index is 0.0320. The number of rotatable bonds is 11. The molecule has 220 valence electrons. The molecule has 5 rings (SSSR count). The Morgan fingerprint density at radius 3 is 2.56 bits per heavy atom. The van der Waals surface area contributed by atoms with Crippen LogP contribution in [0.2, 0.25) is 0 Å². The first-order chi connectivity index (χ1) is 19.2. The molecule has 0 aliphatic heterocycles. The molecule has 1 saturated carbocycles. The number of halogens is 2. The Kier molecular flexibility index (Phi) is 7.60. The quantitative estimate of drug-likeness (QED) is 0.254. The third-order valence-electron chi connectivity index (χ3n) is 6.61. The van der Waals surface area contributed by atoms with E-state index in [1.807, 2.05) is 19.0 Å². The fourth-order valence-electron chi connectivity index (χ4n) is 4.06. The highest BCUT2D eigenvalue weighted by molar-refractivity contribution is 7.92. The summed E-state index contributed by atoms with van der Waals surface area (Å²) in [5.41, 5.74) is 0.568. The first-order valence-corrected chi connectivity index (χ1v) is 16.4. The Hall–Kier alpha value is -3.12. The number of methoxy groups -OCH3 is 1. The maximum Gasteiger partial charge on any atom is 0.291 e. The maximum absolute atomic E-state index is 13.5. The van der Waals surface area contributed by atoms with Crippen molar-refractivity contribution in [3.63, 3.8) is 0 Å². The lowest BCUT2D eigenvalue weighted by Gasteiger charge is -2.16. The molecule has 1 fully saturated rings. The van der Waals surface area contributed by atoms with Crippen molar-refractivity contribution in [1.29, 1.82) is 4.78 Å².